The third kappa shape index (κ3) is 2.89. The van der Waals surface area contributed by atoms with Crippen molar-refractivity contribution in [2.75, 3.05) is 6.61 Å². The third-order valence-corrected chi connectivity index (χ3v) is 4.18. The minimum absolute atomic E-state index is 0.637. The summed E-state index contributed by atoms with van der Waals surface area (Å²) in [6, 6.07) is 14.3. The third-order valence-electron chi connectivity index (χ3n) is 3.33. The van der Waals surface area contributed by atoms with Crippen molar-refractivity contribution in [3.63, 3.8) is 0 Å². The highest BCUT2D eigenvalue weighted by atomic mass is 79.9. The standard InChI is InChI=1S/C16H15BrN2OS/c1-2-20-14-5-3-4-13-15(14)18-16(21)19(13)10-11-6-8-12(17)9-7-11/h3-9H,2,10H2,1H3,(H,18,21). The van der Waals surface area contributed by atoms with Crippen LogP contribution in [0.25, 0.3) is 11.0 Å². The van der Waals surface area contributed by atoms with Crippen LogP contribution in [-0.2, 0) is 6.54 Å². The summed E-state index contributed by atoms with van der Waals surface area (Å²) in [5.41, 5.74) is 3.23. The zero-order valence-electron chi connectivity index (χ0n) is 11.6. The Morgan fingerprint density at radius 3 is 2.67 bits per heavy atom. The van der Waals surface area contributed by atoms with Gasteiger partial charge in [-0.05, 0) is 49.0 Å². The Labute approximate surface area is 136 Å². The van der Waals surface area contributed by atoms with Crippen molar-refractivity contribution in [1.29, 1.82) is 0 Å². The number of para-hydroxylation sites is 1. The van der Waals surface area contributed by atoms with Crippen LogP contribution in [0.3, 0.4) is 0 Å². The van der Waals surface area contributed by atoms with E-state index in [1.54, 1.807) is 0 Å². The van der Waals surface area contributed by atoms with Gasteiger partial charge in [0.25, 0.3) is 0 Å². The Morgan fingerprint density at radius 1 is 1.19 bits per heavy atom. The van der Waals surface area contributed by atoms with E-state index in [2.05, 4.69) is 43.7 Å². The maximum atomic E-state index is 5.66. The highest BCUT2D eigenvalue weighted by Gasteiger charge is 2.09. The van der Waals surface area contributed by atoms with Crippen molar-refractivity contribution in [3.05, 3.63) is 57.3 Å². The van der Waals surface area contributed by atoms with Gasteiger partial charge in [-0.2, -0.15) is 0 Å². The first-order valence-electron chi connectivity index (χ1n) is 6.78. The van der Waals surface area contributed by atoms with E-state index in [9.17, 15) is 0 Å². The van der Waals surface area contributed by atoms with Crippen LogP contribution in [0.4, 0.5) is 0 Å². The van der Waals surface area contributed by atoms with Crippen molar-refractivity contribution in [2.24, 2.45) is 0 Å². The van der Waals surface area contributed by atoms with Crippen molar-refractivity contribution in [1.82, 2.24) is 9.55 Å². The molecule has 2 aromatic carbocycles. The van der Waals surface area contributed by atoms with E-state index in [1.807, 2.05) is 31.2 Å². The lowest BCUT2D eigenvalue weighted by Crippen LogP contribution is -1.99. The molecule has 0 aliphatic carbocycles. The predicted molar refractivity (Wildman–Crippen MR) is 91.5 cm³/mol. The molecule has 0 fully saturated rings. The van der Waals surface area contributed by atoms with Gasteiger partial charge in [-0.25, -0.2) is 0 Å². The molecule has 5 heteroatoms. The molecule has 3 aromatic rings. The normalized spacial score (nSPS) is 11.0. The fraction of sp³-hybridized carbons (Fsp3) is 0.188. The number of hydrogen-bond acceptors (Lipinski definition) is 2. The highest BCUT2D eigenvalue weighted by molar-refractivity contribution is 9.10. The maximum absolute atomic E-state index is 5.66. The van der Waals surface area contributed by atoms with Gasteiger partial charge in [0, 0.05) is 4.47 Å². The smallest absolute Gasteiger partial charge is 0.178 e. The van der Waals surface area contributed by atoms with E-state index >= 15 is 0 Å². The summed E-state index contributed by atoms with van der Waals surface area (Å²) in [4.78, 5) is 3.26. The quantitative estimate of drug-likeness (QED) is 0.668. The van der Waals surface area contributed by atoms with Crippen molar-refractivity contribution in [2.45, 2.75) is 13.5 Å². The number of ether oxygens (including phenoxy) is 1. The minimum atomic E-state index is 0.637. The number of fused-ring (bicyclic) bond motifs is 1. The molecule has 0 aliphatic heterocycles. The second kappa shape index (κ2) is 6.03. The molecule has 0 spiro atoms. The van der Waals surface area contributed by atoms with E-state index < -0.39 is 0 Å². The van der Waals surface area contributed by atoms with Crippen LogP contribution < -0.4 is 4.74 Å². The lowest BCUT2D eigenvalue weighted by atomic mass is 10.2. The molecule has 0 bridgehead atoms. The molecule has 3 rings (SSSR count). The van der Waals surface area contributed by atoms with Crippen LogP contribution in [0.5, 0.6) is 5.75 Å². The number of aromatic nitrogens is 2. The van der Waals surface area contributed by atoms with E-state index in [0.717, 1.165) is 27.8 Å². The molecule has 0 aliphatic rings. The van der Waals surface area contributed by atoms with Crippen molar-refractivity contribution >= 4 is 39.2 Å². The zero-order chi connectivity index (χ0) is 14.8. The Kier molecular flexibility index (Phi) is 4.12. The Hall–Kier alpha value is -1.59. The van der Waals surface area contributed by atoms with Gasteiger partial charge in [0.05, 0.1) is 18.7 Å². The Bertz CT molecular complexity index is 820. The summed E-state index contributed by atoms with van der Waals surface area (Å²) in [5.74, 6) is 0.843. The van der Waals surface area contributed by atoms with Gasteiger partial charge in [-0.1, -0.05) is 34.1 Å². The largest absolute Gasteiger partial charge is 0.492 e. The number of rotatable bonds is 4. The first-order chi connectivity index (χ1) is 10.2. The number of hydrogen-bond donors (Lipinski definition) is 1. The number of H-pyrrole nitrogens is 1. The van der Waals surface area contributed by atoms with Crippen LogP contribution >= 0.6 is 28.1 Å². The second-order valence-electron chi connectivity index (χ2n) is 4.73. The molecule has 3 nitrogen and oxygen atoms in total. The van der Waals surface area contributed by atoms with Gasteiger partial charge in [0.2, 0.25) is 0 Å². The Morgan fingerprint density at radius 2 is 1.95 bits per heavy atom. The van der Waals surface area contributed by atoms with Crippen molar-refractivity contribution < 1.29 is 4.74 Å². The van der Waals surface area contributed by atoms with Crippen molar-refractivity contribution in [3.8, 4) is 5.75 Å². The number of halogens is 1. The van der Waals surface area contributed by atoms with Crippen LogP contribution in [0.1, 0.15) is 12.5 Å². The molecule has 0 saturated heterocycles. The number of imidazole rings is 1. The topological polar surface area (TPSA) is 29.9 Å². The SMILES string of the molecule is CCOc1cccc2c1[nH]c(=S)n2Cc1ccc(Br)cc1. The summed E-state index contributed by atoms with van der Waals surface area (Å²) in [5, 5.41) is 0. The molecule has 21 heavy (non-hydrogen) atoms. The summed E-state index contributed by atoms with van der Waals surface area (Å²) >= 11 is 8.92. The van der Waals surface area contributed by atoms with Gasteiger partial charge >= 0.3 is 0 Å². The van der Waals surface area contributed by atoms with Crippen LogP contribution in [0.2, 0.25) is 0 Å². The van der Waals surface area contributed by atoms with Gasteiger partial charge in [-0.15, -0.1) is 0 Å². The molecule has 0 unspecified atom stereocenters. The lowest BCUT2D eigenvalue weighted by Gasteiger charge is -2.07. The second-order valence-corrected chi connectivity index (χ2v) is 6.03. The predicted octanol–water partition coefficient (Wildman–Crippen LogP) is 4.91. The molecular formula is C16H15BrN2OS. The summed E-state index contributed by atoms with van der Waals surface area (Å²) in [7, 11) is 0. The van der Waals surface area contributed by atoms with E-state index in [1.165, 1.54) is 5.56 Å². The highest BCUT2D eigenvalue weighted by Crippen LogP contribution is 2.25. The molecule has 0 atom stereocenters. The van der Waals surface area contributed by atoms with Crippen LogP contribution in [0, 0.1) is 4.77 Å². The van der Waals surface area contributed by atoms with Crippen LogP contribution in [0.15, 0.2) is 46.9 Å². The molecule has 1 N–H and O–H groups in total. The lowest BCUT2D eigenvalue weighted by molar-refractivity contribution is 0.343. The molecule has 0 saturated carbocycles. The monoisotopic (exact) mass is 362 g/mol. The fourth-order valence-electron chi connectivity index (χ4n) is 2.36. The molecule has 1 aromatic heterocycles. The van der Waals surface area contributed by atoms with E-state index in [0.29, 0.717) is 11.4 Å². The molecular weight excluding hydrogens is 348 g/mol. The Balaban J connectivity index is 2.06. The molecule has 0 amide bonds. The summed E-state index contributed by atoms with van der Waals surface area (Å²) in [6.45, 7) is 3.35. The van der Waals surface area contributed by atoms with Gasteiger partial charge in [-0.3, -0.25) is 0 Å². The average molecular weight is 363 g/mol. The average Bonchev–Trinajstić information content (AvgIpc) is 2.79. The molecule has 108 valence electrons. The van der Waals surface area contributed by atoms with Crippen LogP contribution in [-0.4, -0.2) is 16.2 Å². The summed E-state index contributed by atoms with van der Waals surface area (Å²) in [6.07, 6.45) is 0. The molecule has 1 heterocycles. The number of aromatic amines is 1. The minimum Gasteiger partial charge on any atom is -0.492 e. The first kappa shape index (κ1) is 14.4. The van der Waals surface area contributed by atoms with Gasteiger partial charge < -0.3 is 14.3 Å². The number of nitrogens with one attached hydrogen (secondary N) is 1. The maximum Gasteiger partial charge on any atom is 0.178 e. The summed E-state index contributed by atoms with van der Waals surface area (Å²) < 4.78 is 9.53. The number of nitrogens with zero attached hydrogens (tertiary/aromatic N) is 1. The first-order valence-corrected chi connectivity index (χ1v) is 7.98. The zero-order valence-corrected chi connectivity index (χ0v) is 14.0. The van der Waals surface area contributed by atoms with Gasteiger partial charge in [0.15, 0.2) is 4.77 Å². The van der Waals surface area contributed by atoms with E-state index in [-0.39, 0.29) is 0 Å². The molecule has 0 radical (unpaired) electrons. The van der Waals surface area contributed by atoms with E-state index in [4.69, 9.17) is 17.0 Å². The fourth-order valence-corrected chi connectivity index (χ4v) is 2.89. The van der Waals surface area contributed by atoms with Gasteiger partial charge in [0.1, 0.15) is 11.3 Å². The number of benzene rings is 2.